The maximum Gasteiger partial charge on any atom is 0.252 e. The summed E-state index contributed by atoms with van der Waals surface area (Å²) in [6, 6.07) is 0.202. The number of hydrogen-bond donors (Lipinski definition) is 0. The first kappa shape index (κ1) is 15.0. The summed E-state index contributed by atoms with van der Waals surface area (Å²) in [6.07, 6.45) is 5.58. The molecule has 0 N–H and O–H groups in total. The van der Waals surface area contributed by atoms with Crippen LogP contribution in [0.4, 0.5) is 0 Å². The molecule has 1 aliphatic carbocycles. The number of hydrogen-bond acceptors (Lipinski definition) is 4. The first-order chi connectivity index (χ1) is 10.3. The number of carbonyl (C=O) groups is 1. The van der Waals surface area contributed by atoms with Crippen LogP contribution in [0, 0.1) is 5.92 Å². The number of amides is 1. The molecule has 3 fully saturated rings. The highest BCUT2D eigenvalue weighted by molar-refractivity contribution is 5.81. The Labute approximate surface area is 126 Å². The molecule has 5 heteroatoms. The summed E-state index contributed by atoms with van der Waals surface area (Å²) in [5.74, 6) is 0.550. The van der Waals surface area contributed by atoms with Gasteiger partial charge in [-0.25, -0.2) is 0 Å². The van der Waals surface area contributed by atoms with Crippen LogP contribution < -0.4 is 0 Å². The van der Waals surface area contributed by atoms with Crippen molar-refractivity contribution in [3.63, 3.8) is 0 Å². The quantitative estimate of drug-likeness (QED) is 0.568. The molecule has 2 saturated heterocycles. The van der Waals surface area contributed by atoms with Crippen molar-refractivity contribution in [2.45, 2.75) is 43.9 Å². The molecule has 3 aliphatic rings. The number of carbonyl (C=O) groups excluding carboxylic acids is 1. The lowest BCUT2D eigenvalue weighted by atomic mass is 10.0. The van der Waals surface area contributed by atoms with Crippen molar-refractivity contribution in [3.05, 3.63) is 12.7 Å². The summed E-state index contributed by atoms with van der Waals surface area (Å²) >= 11 is 0. The summed E-state index contributed by atoms with van der Waals surface area (Å²) in [6.45, 7) is 6.96. The van der Waals surface area contributed by atoms with Crippen LogP contribution in [0.3, 0.4) is 0 Å². The predicted octanol–water partition coefficient (Wildman–Crippen LogP) is 1.37. The van der Waals surface area contributed by atoms with Crippen molar-refractivity contribution in [2.75, 3.05) is 33.0 Å². The van der Waals surface area contributed by atoms with E-state index in [0.29, 0.717) is 38.9 Å². The molecule has 0 aromatic carbocycles. The maximum absolute atomic E-state index is 12.6. The van der Waals surface area contributed by atoms with E-state index in [1.807, 2.05) is 4.90 Å². The van der Waals surface area contributed by atoms with Gasteiger partial charge in [0.25, 0.3) is 5.91 Å². The highest BCUT2D eigenvalue weighted by Crippen LogP contribution is 2.35. The fourth-order valence-electron chi connectivity index (χ4n) is 3.77. The molecule has 21 heavy (non-hydrogen) atoms. The highest BCUT2D eigenvalue weighted by Gasteiger charge is 2.45. The van der Waals surface area contributed by atoms with Crippen molar-refractivity contribution in [1.82, 2.24) is 4.90 Å². The van der Waals surface area contributed by atoms with Crippen molar-refractivity contribution in [3.8, 4) is 0 Å². The van der Waals surface area contributed by atoms with Crippen LogP contribution in [0.5, 0.6) is 0 Å². The van der Waals surface area contributed by atoms with E-state index in [0.717, 1.165) is 25.7 Å². The predicted molar refractivity (Wildman–Crippen MR) is 78.0 cm³/mol. The van der Waals surface area contributed by atoms with E-state index in [4.69, 9.17) is 14.2 Å². The summed E-state index contributed by atoms with van der Waals surface area (Å²) in [7, 11) is 0. The van der Waals surface area contributed by atoms with Crippen LogP contribution >= 0.6 is 0 Å². The van der Waals surface area contributed by atoms with Crippen molar-refractivity contribution < 1.29 is 19.0 Å². The Balaban J connectivity index is 1.60. The van der Waals surface area contributed by atoms with E-state index in [-0.39, 0.29) is 24.2 Å². The van der Waals surface area contributed by atoms with Gasteiger partial charge in [-0.1, -0.05) is 6.08 Å². The van der Waals surface area contributed by atoms with Gasteiger partial charge in [0.1, 0.15) is 6.10 Å². The molecule has 1 amide bonds. The fourth-order valence-corrected chi connectivity index (χ4v) is 3.77. The second-order valence-corrected chi connectivity index (χ2v) is 6.10. The summed E-state index contributed by atoms with van der Waals surface area (Å²) in [5, 5.41) is 0. The highest BCUT2D eigenvalue weighted by atomic mass is 16.5. The Hall–Kier alpha value is -0.910. The van der Waals surface area contributed by atoms with Gasteiger partial charge in [0.05, 0.1) is 32.0 Å². The number of rotatable bonds is 5. The average molecular weight is 295 g/mol. The Morgan fingerprint density at radius 2 is 2.19 bits per heavy atom. The van der Waals surface area contributed by atoms with Gasteiger partial charge in [0.15, 0.2) is 0 Å². The summed E-state index contributed by atoms with van der Waals surface area (Å²) in [5.41, 5.74) is 0. The molecule has 0 radical (unpaired) electrons. The van der Waals surface area contributed by atoms with Crippen molar-refractivity contribution >= 4 is 5.91 Å². The van der Waals surface area contributed by atoms with Crippen LogP contribution in [0.2, 0.25) is 0 Å². The lowest BCUT2D eigenvalue weighted by Crippen LogP contribution is -2.55. The minimum atomic E-state index is -0.222. The van der Waals surface area contributed by atoms with Gasteiger partial charge >= 0.3 is 0 Å². The number of nitrogens with zero attached hydrogens (tertiary/aromatic N) is 1. The van der Waals surface area contributed by atoms with Gasteiger partial charge in [-0.15, -0.1) is 6.58 Å². The largest absolute Gasteiger partial charge is 0.377 e. The van der Waals surface area contributed by atoms with Crippen molar-refractivity contribution in [1.29, 1.82) is 0 Å². The zero-order valence-electron chi connectivity index (χ0n) is 12.5. The zero-order valence-corrected chi connectivity index (χ0v) is 12.5. The van der Waals surface area contributed by atoms with Gasteiger partial charge in [0.2, 0.25) is 0 Å². The maximum atomic E-state index is 12.6. The normalized spacial score (nSPS) is 35.7. The molecule has 0 aromatic rings. The topological polar surface area (TPSA) is 48.0 Å². The van der Waals surface area contributed by atoms with Crippen LogP contribution in [-0.4, -0.2) is 62.0 Å². The first-order valence-corrected chi connectivity index (χ1v) is 8.03. The van der Waals surface area contributed by atoms with E-state index in [1.54, 1.807) is 6.08 Å². The van der Waals surface area contributed by atoms with Crippen LogP contribution in [0.1, 0.15) is 25.7 Å². The van der Waals surface area contributed by atoms with E-state index >= 15 is 0 Å². The standard InChI is InChI=1S/C16H25NO4/c1-2-8-19-11-12-5-6-13-15(12)21-10-7-17(13)16(18)14-4-3-9-20-14/h2,12-15H,1,3-11H2/t12-,13+,14-,15+/m0/s1. The third kappa shape index (κ3) is 3.15. The molecule has 2 heterocycles. The van der Waals surface area contributed by atoms with Gasteiger partial charge in [-0.2, -0.15) is 0 Å². The van der Waals surface area contributed by atoms with Gasteiger partial charge < -0.3 is 19.1 Å². The molecular formula is C16H25NO4. The van der Waals surface area contributed by atoms with Crippen molar-refractivity contribution in [2.24, 2.45) is 5.92 Å². The lowest BCUT2D eigenvalue weighted by molar-refractivity contribution is -0.156. The zero-order chi connectivity index (χ0) is 14.7. The molecule has 1 saturated carbocycles. The Morgan fingerprint density at radius 1 is 1.29 bits per heavy atom. The smallest absolute Gasteiger partial charge is 0.252 e. The third-order valence-electron chi connectivity index (χ3n) is 4.78. The van der Waals surface area contributed by atoms with E-state index in [1.165, 1.54) is 0 Å². The SMILES string of the molecule is C=CCOC[C@@H]1CC[C@@H]2[C@@H]1OCCN2C(=O)[C@@H]1CCCO1. The molecule has 5 nitrogen and oxygen atoms in total. The summed E-state index contributed by atoms with van der Waals surface area (Å²) in [4.78, 5) is 14.6. The molecule has 3 rings (SSSR count). The average Bonchev–Trinajstić information content (AvgIpc) is 3.16. The Bertz CT molecular complexity index is 380. The van der Waals surface area contributed by atoms with Crippen LogP contribution in [0.15, 0.2) is 12.7 Å². The fraction of sp³-hybridized carbons (Fsp3) is 0.812. The molecule has 0 unspecified atom stereocenters. The molecular weight excluding hydrogens is 270 g/mol. The number of morpholine rings is 1. The monoisotopic (exact) mass is 295 g/mol. The Morgan fingerprint density at radius 3 is 2.95 bits per heavy atom. The lowest BCUT2D eigenvalue weighted by Gasteiger charge is -2.40. The number of ether oxygens (including phenoxy) is 3. The Kier molecular flexibility index (Phi) is 4.93. The van der Waals surface area contributed by atoms with E-state index in [9.17, 15) is 4.79 Å². The van der Waals surface area contributed by atoms with Gasteiger partial charge in [-0.3, -0.25) is 4.79 Å². The third-order valence-corrected chi connectivity index (χ3v) is 4.78. The molecule has 2 aliphatic heterocycles. The molecule has 118 valence electrons. The molecule has 0 bridgehead atoms. The molecule has 4 atom stereocenters. The van der Waals surface area contributed by atoms with Crippen LogP contribution in [0.25, 0.3) is 0 Å². The molecule has 0 aromatic heterocycles. The van der Waals surface area contributed by atoms with Crippen LogP contribution in [-0.2, 0) is 19.0 Å². The minimum Gasteiger partial charge on any atom is -0.377 e. The number of fused-ring (bicyclic) bond motifs is 1. The van der Waals surface area contributed by atoms with Gasteiger partial charge in [0, 0.05) is 19.1 Å². The van der Waals surface area contributed by atoms with E-state index in [2.05, 4.69) is 6.58 Å². The van der Waals surface area contributed by atoms with E-state index < -0.39 is 0 Å². The first-order valence-electron chi connectivity index (χ1n) is 8.03. The van der Waals surface area contributed by atoms with Gasteiger partial charge in [-0.05, 0) is 25.7 Å². The summed E-state index contributed by atoms with van der Waals surface area (Å²) < 4.78 is 17.1. The second kappa shape index (κ2) is 6.90. The second-order valence-electron chi connectivity index (χ2n) is 6.10. The minimum absolute atomic E-state index is 0.119. The molecule has 0 spiro atoms.